The van der Waals surface area contributed by atoms with Gasteiger partial charge in [-0.15, -0.1) is 0 Å². The Bertz CT molecular complexity index is 1490. The second-order valence-corrected chi connectivity index (χ2v) is 9.92. The van der Waals surface area contributed by atoms with Crippen LogP contribution in [-0.4, -0.2) is 33.6 Å². The van der Waals surface area contributed by atoms with Gasteiger partial charge in [-0.2, -0.15) is 0 Å². The summed E-state index contributed by atoms with van der Waals surface area (Å²) in [7, 11) is 0. The van der Waals surface area contributed by atoms with E-state index in [1.165, 1.54) is 12.1 Å². The van der Waals surface area contributed by atoms with Gasteiger partial charge in [-0.25, -0.2) is 18.6 Å². The number of hydrogen-bond acceptors (Lipinski definition) is 3. The van der Waals surface area contributed by atoms with E-state index in [1.807, 2.05) is 30.3 Å². The average molecular weight is 572 g/mol. The monoisotopic (exact) mass is 570 g/mol. The number of fused-ring (bicyclic) bond motifs is 3. The molecule has 3 heterocycles. The van der Waals surface area contributed by atoms with E-state index in [4.69, 9.17) is 11.6 Å². The Balaban J connectivity index is 1.37. The van der Waals surface area contributed by atoms with Crippen LogP contribution in [0.15, 0.2) is 65.3 Å². The molecule has 0 atom stereocenters. The van der Waals surface area contributed by atoms with E-state index in [2.05, 4.69) is 31.1 Å². The zero-order chi connectivity index (χ0) is 25.2. The molecule has 0 fully saturated rings. The number of amides is 1. The van der Waals surface area contributed by atoms with Gasteiger partial charge in [0.15, 0.2) is 0 Å². The number of hydrogen-bond donors (Lipinski definition) is 1. The van der Waals surface area contributed by atoms with Crippen LogP contribution in [-0.2, 0) is 19.5 Å². The normalized spacial score (nSPS) is 13.9. The van der Waals surface area contributed by atoms with Crippen molar-refractivity contribution in [1.29, 1.82) is 0 Å². The largest absolute Gasteiger partial charge is 0.333 e. The number of nitrogens with zero attached hydrogens (tertiary/aromatic N) is 3. The number of nitrogens with one attached hydrogen (secondary N) is 1. The lowest BCUT2D eigenvalue weighted by molar-refractivity contribution is 0.240. The predicted molar refractivity (Wildman–Crippen MR) is 141 cm³/mol. The van der Waals surface area contributed by atoms with Crippen LogP contribution in [0.25, 0.3) is 17.0 Å². The van der Waals surface area contributed by atoms with Gasteiger partial charge >= 0.3 is 6.03 Å². The number of carbonyl (C=O) groups excluding carboxylic acids is 1. The fraction of sp³-hybridized carbons (Fsp3) is 0.185. The lowest BCUT2D eigenvalue weighted by Gasteiger charge is -2.27. The number of pyridine rings is 1. The van der Waals surface area contributed by atoms with E-state index < -0.39 is 11.6 Å². The zero-order valence-corrected chi connectivity index (χ0v) is 21.5. The zero-order valence-electron chi connectivity index (χ0n) is 19.1. The maximum absolute atomic E-state index is 13.9. The fourth-order valence-corrected chi connectivity index (χ4v) is 5.09. The Kier molecular flexibility index (Phi) is 7.18. The summed E-state index contributed by atoms with van der Waals surface area (Å²) in [4.78, 5) is 19.5. The predicted octanol–water partition coefficient (Wildman–Crippen LogP) is 6.56. The van der Waals surface area contributed by atoms with Crippen LogP contribution in [0.5, 0.6) is 0 Å². The highest BCUT2D eigenvalue weighted by Crippen LogP contribution is 2.32. The van der Waals surface area contributed by atoms with E-state index in [0.29, 0.717) is 36.8 Å². The van der Waals surface area contributed by atoms with Crippen molar-refractivity contribution < 1.29 is 13.6 Å². The molecule has 5 nitrogen and oxygen atoms in total. The third-order valence-electron chi connectivity index (χ3n) is 6.25. The van der Waals surface area contributed by atoms with Crippen LogP contribution in [0.1, 0.15) is 22.4 Å². The molecule has 9 heteroatoms. The Labute approximate surface area is 220 Å². The summed E-state index contributed by atoms with van der Waals surface area (Å²) in [6.07, 6.45) is 5.85. The molecule has 1 aliphatic rings. The molecule has 1 amide bonds. The summed E-state index contributed by atoms with van der Waals surface area (Å²) >= 11 is 9.50. The first-order valence-corrected chi connectivity index (χ1v) is 12.6. The number of benzene rings is 2. The van der Waals surface area contributed by atoms with Crippen molar-refractivity contribution in [1.82, 2.24) is 19.8 Å². The van der Waals surface area contributed by atoms with Crippen molar-refractivity contribution in [2.24, 2.45) is 0 Å². The van der Waals surface area contributed by atoms with Gasteiger partial charge in [-0.1, -0.05) is 45.7 Å². The maximum Gasteiger partial charge on any atom is 0.326 e. The SMILES string of the molecule is O=C(NCc1ccnc(Cl)c1)n1c2c(c3ccc(Br)cc31)CN(C/C=C/c1ccc(F)cc1F)CC2. The van der Waals surface area contributed by atoms with E-state index in [-0.39, 0.29) is 6.03 Å². The molecule has 0 aliphatic carbocycles. The van der Waals surface area contributed by atoms with Gasteiger partial charge in [0.25, 0.3) is 0 Å². The summed E-state index contributed by atoms with van der Waals surface area (Å²) in [5.41, 5.74) is 4.14. The second-order valence-electron chi connectivity index (χ2n) is 8.62. The van der Waals surface area contributed by atoms with Crippen molar-refractivity contribution >= 4 is 50.5 Å². The summed E-state index contributed by atoms with van der Waals surface area (Å²) in [5.74, 6) is -1.18. The number of halogens is 4. The number of carbonyl (C=O) groups is 1. The van der Waals surface area contributed by atoms with Gasteiger partial charge in [-0.3, -0.25) is 9.47 Å². The molecular formula is C27H22BrClF2N4O. The molecule has 0 saturated carbocycles. The Morgan fingerprint density at radius 3 is 2.83 bits per heavy atom. The van der Waals surface area contributed by atoms with Gasteiger partial charge in [0.2, 0.25) is 0 Å². The molecule has 2 aromatic carbocycles. The molecule has 1 N–H and O–H groups in total. The number of aromatic nitrogens is 2. The topological polar surface area (TPSA) is 50.2 Å². The number of rotatable bonds is 5. The van der Waals surface area contributed by atoms with Gasteiger partial charge < -0.3 is 5.32 Å². The fourth-order valence-electron chi connectivity index (χ4n) is 4.55. The maximum atomic E-state index is 13.9. The molecule has 0 bridgehead atoms. The molecule has 1 aliphatic heterocycles. The van der Waals surface area contributed by atoms with Crippen LogP contribution in [0.2, 0.25) is 5.15 Å². The summed E-state index contributed by atoms with van der Waals surface area (Å²) in [5, 5.41) is 4.40. The molecule has 5 rings (SSSR count). The minimum atomic E-state index is -0.593. The first-order chi connectivity index (χ1) is 17.4. The van der Waals surface area contributed by atoms with Gasteiger partial charge in [-0.05, 0) is 47.5 Å². The van der Waals surface area contributed by atoms with Crippen molar-refractivity contribution in [3.63, 3.8) is 0 Å². The third kappa shape index (κ3) is 5.21. The highest BCUT2D eigenvalue weighted by Gasteiger charge is 2.26. The first kappa shape index (κ1) is 24.6. The van der Waals surface area contributed by atoms with Gasteiger partial charge in [0.1, 0.15) is 16.8 Å². The standard InChI is InChI=1S/C27H22BrClF2N4O/c28-19-4-6-21-22-16-34(10-1-2-18-3-5-20(30)14-23(18)31)11-8-24(22)35(25(21)13-19)27(36)33-15-17-7-9-32-26(29)12-17/h1-7,9,12-14H,8,10-11,15-16H2,(H,33,36)/b2-1+. The summed E-state index contributed by atoms with van der Waals surface area (Å²) in [6, 6.07) is 12.9. The molecule has 0 radical (unpaired) electrons. The Hall–Kier alpha value is -3.07. The molecule has 0 spiro atoms. The van der Waals surface area contributed by atoms with E-state index >= 15 is 0 Å². The van der Waals surface area contributed by atoms with Crippen LogP contribution < -0.4 is 5.32 Å². The highest BCUT2D eigenvalue weighted by molar-refractivity contribution is 9.10. The Morgan fingerprint density at radius 2 is 2.03 bits per heavy atom. The minimum Gasteiger partial charge on any atom is -0.333 e. The van der Waals surface area contributed by atoms with Crippen molar-refractivity contribution in [2.75, 3.05) is 13.1 Å². The second kappa shape index (κ2) is 10.5. The summed E-state index contributed by atoms with van der Waals surface area (Å²) < 4.78 is 29.7. The van der Waals surface area contributed by atoms with Crippen molar-refractivity contribution in [2.45, 2.75) is 19.5 Å². The molecule has 0 saturated heterocycles. The van der Waals surface area contributed by atoms with Gasteiger partial charge in [0.05, 0.1) is 5.52 Å². The summed E-state index contributed by atoms with van der Waals surface area (Å²) in [6.45, 7) is 2.34. The molecule has 36 heavy (non-hydrogen) atoms. The molecule has 4 aromatic rings. The first-order valence-electron chi connectivity index (χ1n) is 11.4. The lowest BCUT2D eigenvalue weighted by Crippen LogP contribution is -2.34. The van der Waals surface area contributed by atoms with Gasteiger partial charge in [0, 0.05) is 66.0 Å². The average Bonchev–Trinajstić information content (AvgIpc) is 3.16. The van der Waals surface area contributed by atoms with E-state index in [0.717, 1.165) is 44.8 Å². The van der Waals surface area contributed by atoms with Crippen molar-refractivity contribution in [3.8, 4) is 0 Å². The quantitative estimate of drug-likeness (QED) is 0.276. The highest BCUT2D eigenvalue weighted by atomic mass is 79.9. The van der Waals surface area contributed by atoms with Crippen LogP contribution in [0.4, 0.5) is 13.6 Å². The van der Waals surface area contributed by atoms with E-state index in [1.54, 1.807) is 22.9 Å². The smallest absolute Gasteiger partial charge is 0.326 e. The molecular weight excluding hydrogens is 550 g/mol. The molecule has 2 aromatic heterocycles. The third-order valence-corrected chi connectivity index (χ3v) is 6.95. The van der Waals surface area contributed by atoms with Crippen molar-refractivity contribution in [3.05, 3.63) is 104 Å². The lowest BCUT2D eigenvalue weighted by atomic mass is 10.0. The minimum absolute atomic E-state index is 0.201. The Morgan fingerprint density at radius 1 is 1.17 bits per heavy atom. The van der Waals surface area contributed by atoms with Crippen LogP contribution in [0, 0.1) is 11.6 Å². The molecule has 184 valence electrons. The van der Waals surface area contributed by atoms with Crippen LogP contribution >= 0.6 is 27.5 Å². The van der Waals surface area contributed by atoms with E-state index in [9.17, 15) is 13.6 Å². The van der Waals surface area contributed by atoms with Crippen LogP contribution in [0.3, 0.4) is 0 Å². The molecule has 0 unspecified atom stereocenters.